The van der Waals surface area contributed by atoms with Crippen LogP contribution in [0.1, 0.15) is 6.42 Å². The SMILES string of the molecule is FC(C(F)(F)F)C(F)(F)CCBr. The topological polar surface area (TPSA) is 0 Å². The summed E-state index contributed by atoms with van der Waals surface area (Å²) in [5.74, 6) is -4.35. The molecule has 0 aromatic carbocycles. The van der Waals surface area contributed by atoms with Crippen molar-refractivity contribution in [3.05, 3.63) is 0 Å². The Morgan fingerprint density at radius 1 is 1.08 bits per heavy atom. The lowest BCUT2D eigenvalue weighted by Crippen LogP contribution is -2.41. The first kappa shape index (κ1) is 12.1. The number of alkyl halides is 7. The van der Waals surface area contributed by atoms with Gasteiger partial charge in [0, 0.05) is 11.8 Å². The van der Waals surface area contributed by atoms with E-state index in [1.807, 2.05) is 0 Å². The van der Waals surface area contributed by atoms with Crippen LogP contribution in [0.25, 0.3) is 0 Å². The minimum absolute atomic E-state index is 0.378. The summed E-state index contributed by atoms with van der Waals surface area (Å²) >= 11 is 2.51. The molecule has 0 bridgehead atoms. The molecule has 0 saturated heterocycles. The number of rotatable bonds is 3. The van der Waals surface area contributed by atoms with E-state index in [-0.39, 0.29) is 5.33 Å². The molecule has 0 amide bonds. The smallest absolute Gasteiger partial charge is 0.231 e. The van der Waals surface area contributed by atoms with Gasteiger partial charge < -0.3 is 0 Å². The van der Waals surface area contributed by atoms with Gasteiger partial charge in [-0.05, 0) is 0 Å². The summed E-state index contributed by atoms with van der Waals surface area (Å²) in [6.07, 6.45) is -10.7. The highest BCUT2D eigenvalue weighted by Gasteiger charge is 2.55. The number of hydrogen-bond acceptors (Lipinski definition) is 0. The number of hydrogen-bond donors (Lipinski definition) is 0. The predicted molar refractivity (Wildman–Crippen MR) is 34.3 cm³/mol. The van der Waals surface area contributed by atoms with Crippen molar-refractivity contribution in [2.45, 2.75) is 24.7 Å². The predicted octanol–water partition coefficient (Wildman–Crippen LogP) is 3.31. The van der Waals surface area contributed by atoms with Gasteiger partial charge >= 0.3 is 6.18 Å². The molecule has 0 aromatic rings. The molecule has 0 fully saturated rings. The zero-order valence-corrected chi connectivity index (χ0v) is 7.22. The van der Waals surface area contributed by atoms with Crippen molar-refractivity contribution in [3.8, 4) is 0 Å². The molecule has 0 spiro atoms. The molecule has 0 saturated carbocycles. The van der Waals surface area contributed by atoms with Gasteiger partial charge in [0.15, 0.2) is 0 Å². The van der Waals surface area contributed by atoms with Crippen LogP contribution in [0.15, 0.2) is 0 Å². The van der Waals surface area contributed by atoms with E-state index in [1.165, 1.54) is 0 Å². The van der Waals surface area contributed by atoms with Crippen molar-refractivity contribution in [2.24, 2.45) is 0 Å². The Labute approximate surface area is 73.1 Å². The first-order valence-electron chi connectivity index (χ1n) is 2.86. The van der Waals surface area contributed by atoms with E-state index in [9.17, 15) is 26.3 Å². The van der Waals surface area contributed by atoms with Crippen molar-refractivity contribution in [1.82, 2.24) is 0 Å². The van der Waals surface area contributed by atoms with Crippen LogP contribution in [0.2, 0.25) is 0 Å². The van der Waals surface area contributed by atoms with Gasteiger partial charge in [-0.1, -0.05) is 15.9 Å². The Morgan fingerprint density at radius 2 is 1.50 bits per heavy atom. The van der Waals surface area contributed by atoms with Crippen LogP contribution in [0.5, 0.6) is 0 Å². The zero-order valence-electron chi connectivity index (χ0n) is 5.64. The van der Waals surface area contributed by atoms with Crippen LogP contribution < -0.4 is 0 Å². The highest BCUT2D eigenvalue weighted by atomic mass is 79.9. The lowest BCUT2D eigenvalue weighted by Gasteiger charge is -2.21. The third-order valence-corrected chi connectivity index (χ3v) is 1.48. The third kappa shape index (κ3) is 3.20. The summed E-state index contributed by atoms with van der Waals surface area (Å²) in [6.45, 7) is 0. The second-order valence-electron chi connectivity index (χ2n) is 2.10. The molecular formula is C5H5BrF6. The van der Waals surface area contributed by atoms with Crippen molar-refractivity contribution < 1.29 is 26.3 Å². The Kier molecular flexibility index (Phi) is 3.87. The van der Waals surface area contributed by atoms with E-state index < -0.39 is 24.7 Å². The summed E-state index contributed by atoms with van der Waals surface area (Å²) in [7, 11) is 0. The summed E-state index contributed by atoms with van der Waals surface area (Å²) in [4.78, 5) is 0. The Hall–Kier alpha value is 0.0600. The average Bonchev–Trinajstić information content (AvgIpc) is 1.84. The molecule has 74 valence electrons. The maximum atomic E-state index is 12.2. The van der Waals surface area contributed by atoms with Gasteiger partial charge in [0.1, 0.15) is 0 Å². The first-order chi connectivity index (χ1) is 5.22. The normalized spacial score (nSPS) is 16.2. The van der Waals surface area contributed by atoms with Crippen molar-refractivity contribution in [3.63, 3.8) is 0 Å². The van der Waals surface area contributed by atoms with Crippen LogP contribution in [-0.2, 0) is 0 Å². The zero-order chi connectivity index (χ0) is 9.99. The van der Waals surface area contributed by atoms with Gasteiger partial charge in [0.05, 0.1) is 0 Å². The van der Waals surface area contributed by atoms with E-state index in [4.69, 9.17) is 0 Å². The molecule has 0 aromatic heterocycles. The minimum atomic E-state index is -5.49. The molecule has 0 aliphatic heterocycles. The van der Waals surface area contributed by atoms with E-state index in [2.05, 4.69) is 15.9 Å². The van der Waals surface area contributed by atoms with Crippen molar-refractivity contribution >= 4 is 15.9 Å². The molecule has 0 N–H and O–H groups in total. The van der Waals surface area contributed by atoms with E-state index in [0.717, 1.165) is 0 Å². The maximum absolute atomic E-state index is 12.2. The average molecular weight is 259 g/mol. The van der Waals surface area contributed by atoms with Gasteiger partial charge in [-0.15, -0.1) is 0 Å². The molecule has 0 rings (SSSR count). The maximum Gasteiger partial charge on any atom is 0.425 e. The molecule has 0 aliphatic rings. The lowest BCUT2D eigenvalue weighted by molar-refractivity contribution is -0.244. The first-order valence-corrected chi connectivity index (χ1v) is 3.98. The fourth-order valence-electron chi connectivity index (χ4n) is 0.492. The molecule has 0 nitrogen and oxygen atoms in total. The van der Waals surface area contributed by atoms with Gasteiger partial charge in [0.25, 0.3) is 12.1 Å². The van der Waals surface area contributed by atoms with Crippen LogP contribution in [0.3, 0.4) is 0 Å². The molecular weight excluding hydrogens is 254 g/mol. The van der Waals surface area contributed by atoms with Crippen molar-refractivity contribution in [2.75, 3.05) is 5.33 Å². The van der Waals surface area contributed by atoms with Gasteiger partial charge in [-0.2, -0.15) is 13.2 Å². The van der Waals surface area contributed by atoms with Crippen LogP contribution in [-0.4, -0.2) is 23.6 Å². The Balaban J connectivity index is 4.34. The fourth-order valence-corrected chi connectivity index (χ4v) is 1.02. The van der Waals surface area contributed by atoms with E-state index in [0.29, 0.717) is 0 Å². The van der Waals surface area contributed by atoms with Crippen molar-refractivity contribution in [1.29, 1.82) is 0 Å². The second kappa shape index (κ2) is 3.85. The molecule has 12 heavy (non-hydrogen) atoms. The quantitative estimate of drug-likeness (QED) is 0.538. The molecule has 0 radical (unpaired) electrons. The van der Waals surface area contributed by atoms with Gasteiger partial charge in [0.2, 0.25) is 0 Å². The Morgan fingerprint density at radius 3 is 1.75 bits per heavy atom. The van der Waals surface area contributed by atoms with E-state index >= 15 is 0 Å². The minimum Gasteiger partial charge on any atom is -0.231 e. The standard InChI is InChI=1S/C5H5BrF6/c6-2-1-4(8,9)3(7)5(10,11)12/h3H,1-2H2. The summed E-state index contributed by atoms with van der Waals surface area (Å²) in [6, 6.07) is 0. The monoisotopic (exact) mass is 258 g/mol. The molecule has 7 heteroatoms. The van der Waals surface area contributed by atoms with Crippen LogP contribution >= 0.6 is 15.9 Å². The molecule has 0 heterocycles. The van der Waals surface area contributed by atoms with Gasteiger partial charge in [-0.3, -0.25) is 0 Å². The molecule has 1 atom stereocenters. The number of halogens is 7. The highest BCUT2D eigenvalue weighted by molar-refractivity contribution is 9.09. The fraction of sp³-hybridized carbons (Fsp3) is 1.00. The summed E-state index contributed by atoms with van der Waals surface area (Å²) in [5, 5.41) is -0.378. The van der Waals surface area contributed by atoms with Crippen LogP contribution in [0.4, 0.5) is 26.3 Å². The molecule has 0 aliphatic carbocycles. The summed E-state index contributed by atoms with van der Waals surface area (Å²) in [5.41, 5.74) is 0. The van der Waals surface area contributed by atoms with E-state index in [1.54, 1.807) is 0 Å². The molecule has 1 unspecified atom stereocenters. The second-order valence-corrected chi connectivity index (χ2v) is 2.90. The third-order valence-electron chi connectivity index (χ3n) is 1.09. The highest BCUT2D eigenvalue weighted by Crippen LogP contribution is 2.37. The van der Waals surface area contributed by atoms with Gasteiger partial charge in [-0.25, -0.2) is 13.2 Å². The largest absolute Gasteiger partial charge is 0.425 e. The Bertz CT molecular complexity index is 141. The summed E-state index contributed by atoms with van der Waals surface area (Å²) < 4.78 is 70.5. The lowest BCUT2D eigenvalue weighted by atomic mass is 10.1. The van der Waals surface area contributed by atoms with Crippen LogP contribution in [0, 0.1) is 0 Å².